The third-order valence-electron chi connectivity index (χ3n) is 1.52. The molecule has 0 aliphatic heterocycles. The van der Waals surface area contributed by atoms with Gasteiger partial charge in [-0.2, -0.15) is 0 Å². The highest BCUT2D eigenvalue weighted by molar-refractivity contribution is 9.10. The molecule has 12 heavy (non-hydrogen) atoms. The number of hydrogen-bond acceptors (Lipinski definition) is 1. The molecule has 0 bridgehead atoms. The molecule has 1 rings (SSSR count). The summed E-state index contributed by atoms with van der Waals surface area (Å²) in [6, 6.07) is 5.34. The van der Waals surface area contributed by atoms with Gasteiger partial charge in [0.25, 0.3) is 0 Å². The van der Waals surface area contributed by atoms with Crippen molar-refractivity contribution in [2.75, 3.05) is 0 Å². The van der Waals surface area contributed by atoms with E-state index in [1.165, 1.54) is 6.08 Å². The third-order valence-corrected chi connectivity index (χ3v) is 2.95. The zero-order chi connectivity index (χ0) is 9.14. The van der Waals surface area contributed by atoms with Gasteiger partial charge in [-0.3, -0.25) is 0 Å². The predicted molar refractivity (Wildman–Crippen MR) is 54.3 cm³/mol. The van der Waals surface area contributed by atoms with Crippen molar-refractivity contribution in [3.8, 4) is 0 Å². The Hall–Kier alpha value is -0.310. The molecule has 1 aromatic carbocycles. The maximum absolute atomic E-state index is 9.43. The quantitative estimate of drug-likeness (QED) is 0.795. The number of rotatable bonds is 2. The molecule has 3 heteroatoms. The summed E-state index contributed by atoms with van der Waals surface area (Å²) in [6.07, 6.45) is 0.786. The Morgan fingerprint density at radius 3 is 2.83 bits per heavy atom. The van der Waals surface area contributed by atoms with Crippen LogP contribution in [0.4, 0.5) is 0 Å². The molecule has 1 nitrogen and oxygen atoms in total. The molecule has 0 aliphatic rings. The van der Waals surface area contributed by atoms with Crippen molar-refractivity contribution in [1.29, 1.82) is 0 Å². The normalized spacial score (nSPS) is 12.6. The molecule has 1 aromatic rings. The molecular weight excluding hydrogens is 239 g/mol. The number of aliphatic hydroxyl groups excluding tert-OH is 1. The van der Waals surface area contributed by atoms with Crippen LogP contribution < -0.4 is 0 Å². The summed E-state index contributed by atoms with van der Waals surface area (Å²) in [5.74, 6) is 0. The number of halogens is 2. The first-order valence-electron chi connectivity index (χ1n) is 3.41. The summed E-state index contributed by atoms with van der Waals surface area (Å²) in [7, 11) is 0. The number of benzene rings is 1. The molecule has 0 fully saturated rings. The van der Waals surface area contributed by atoms with Crippen LogP contribution in [0, 0.1) is 0 Å². The summed E-state index contributed by atoms with van der Waals surface area (Å²) < 4.78 is 0.721. The van der Waals surface area contributed by atoms with E-state index in [-0.39, 0.29) is 0 Å². The fourth-order valence-corrected chi connectivity index (χ4v) is 1.56. The summed E-state index contributed by atoms with van der Waals surface area (Å²) in [5.41, 5.74) is 0.734. The second kappa shape index (κ2) is 4.08. The molecule has 0 spiro atoms. The van der Waals surface area contributed by atoms with Crippen LogP contribution in [0.2, 0.25) is 5.02 Å². The van der Waals surface area contributed by atoms with Gasteiger partial charge in [-0.05, 0) is 22.0 Å². The van der Waals surface area contributed by atoms with E-state index in [1.807, 2.05) is 0 Å². The molecule has 0 aromatic heterocycles. The van der Waals surface area contributed by atoms with E-state index >= 15 is 0 Å². The Kier molecular flexibility index (Phi) is 3.32. The average Bonchev–Trinajstić information content (AvgIpc) is 2.08. The van der Waals surface area contributed by atoms with Gasteiger partial charge >= 0.3 is 0 Å². The Morgan fingerprint density at radius 1 is 1.58 bits per heavy atom. The van der Waals surface area contributed by atoms with Crippen LogP contribution in [-0.2, 0) is 0 Å². The van der Waals surface area contributed by atoms with Gasteiger partial charge in [-0.25, -0.2) is 0 Å². The molecular formula is C9H8BrClO. The van der Waals surface area contributed by atoms with Crippen molar-refractivity contribution in [3.05, 3.63) is 45.9 Å². The lowest BCUT2D eigenvalue weighted by molar-refractivity contribution is 0.228. The Bertz CT molecular complexity index is 299. The molecule has 0 heterocycles. The van der Waals surface area contributed by atoms with Gasteiger partial charge in [0.15, 0.2) is 0 Å². The minimum Gasteiger partial charge on any atom is -0.384 e. The summed E-state index contributed by atoms with van der Waals surface area (Å²) in [5, 5.41) is 10.0. The van der Waals surface area contributed by atoms with E-state index in [0.29, 0.717) is 5.02 Å². The average molecular weight is 248 g/mol. The van der Waals surface area contributed by atoms with Crippen LogP contribution in [0.3, 0.4) is 0 Å². The van der Waals surface area contributed by atoms with Gasteiger partial charge < -0.3 is 5.11 Å². The van der Waals surface area contributed by atoms with Gasteiger partial charge in [-0.1, -0.05) is 29.8 Å². The highest BCUT2D eigenvalue weighted by atomic mass is 79.9. The van der Waals surface area contributed by atoms with Gasteiger partial charge in [0.05, 0.1) is 11.1 Å². The fraction of sp³-hybridized carbons (Fsp3) is 0.111. The van der Waals surface area contributed by atoms with Crippen molar-refractivity contribution in [1.82, 2.24) is 0 Å². The maximum atomic E-state index is 9.43. The Morgan fingerprint density at radius 2 is 2.25 bits per heavy atom. The molecule has 1 N–H and O–H groups in total. The molecule has 0 aliphatic carbocycles. The first-order valence-corrected chi connectivity index (χ1v) is 4.58. The van der Waals surface area contributed by atoms with Crippen LogP contribution in [0.5, 0.6) is 0 Å². The molecule has 0 saturated heterocycles. The zero-order valence-electron chi connectivity index (χ0n) is 6.30. The van der Waals surface area contributed by atoms with Crippen molar-refractivity contribution in [3.63, 3.8) is 0 Å². The standard InChI is InChI=1S/C9H8BrClO/c1-2-8(12)6-4-3-5-7(11)9(6)10/h2-5,8,12H,1H2. The first kappa shape index (κ1) is 9.78. The predicted octanol–water partition coefficient (Wildman–Crippen LogP) is 3.32. The third kappa shape index (κ3) is 1.89. The van der Waals surface area contributed by atoms with Crippen LogP contribution in [0.1, 0.15) is 11.7 Å². The SMILES string of the molecule is C=CC(O)c1cccc(Cl)c1Br. The molecule has 0 radical (unpaired) electrons. The van der Waals surface area contributed by atoms with E-state index in [4.69, 9.17) is 11.6 Å². The van der Waals surface area contributed by atoms with E-state index in [0.717, 1.165) is 10.0 Å². The molecule has 0 saturated carbocycles. The second-order valence-corrected chi connectivity index (χ2v) is 3.52. The maximum Gasteiger partial charge on any atom is 0.0980 e. The van der Waals surface area contributed by atoms with E-state index < -0.39 is 6.10 Å². The van der Waals surface area contributed by atoms with Gasteiger partial charge in [0, 0.05) is 10.0 Å². The van der Waals surface area contributed by atoms with E-state index in [9.17, 15) is 5.11 Å². The van der Waals surface area contributed by atoms with Crippen molar-refractivity contribution >= 4 is 27.5 Å². The molecule has 1 atom stereocenters. The smallest absolute Gasteiger partial charge is 0.0980 e. The summed E-state index contributed by atoms with van der Waals surface area (Å²) in [6.45, 7) is 3.49. The summed E-state index contributed by atoms with van der Waals surface area (Å²) >= 11 is 9.10. The van der Waals surface area contributed by atoms with Crippen molar-refractivity contribution < 1.29 is 5.11 Å². The van der Waals surface area contributed by atoms with Crippen LogP contribution >= 0.6 is 27.5 Å². The monoisotopic (exact) mass is 246 g/mol. The Labute approximate surface area is 84.8 Å². The fourth-order valence-electron chi connectivity index (χ4n) is 0.876. The lowest BCUT2D eigenvalue weighted by Gasteiger charge is -2.08. The molecule has 0 amide bonds. The van der Waals surface area contributed by atoms with E-state index in [2.05, 4.69) is 22.5 Å². The minimum atomic E-state index is -0.668. The van der Waals surface area contributed by atoms with Gasteiger partial charge in [-0.15, -0.1) is 6.58 Å². The van der Waals surface area contributed by atoms with Crippen LogP contribution in [0.25, 0.3) is 0 Å². The van der Waals surface area contributed by atoms with Crippen molar-refractivity contribution in [2.45, 2.75) is 6.10 Å². The highest BCUT2D eigenvalue weighted by Gasteiger charge is 2.08. The highest BCUT2D eigenvalue weighted by Crippen LogP contribution is 2.30. The number of hydrogen-bond donors (Lipinski definition) is 1. The van der Waals surface area contributed by atoms with Crippen molar-refractivity contribution in [2.24, 2.45) is 0 Å². The molecule has 1 unspecified atom stereocenters. The van der Waals surface area contributed by atoms with E-state index in [1.54, 1.807) is 18.2 Å². The van der Waals surface area contributed by atoms with Gasteiger partial charge in [0.2, 0.25) is 0 Å². The molecule has 64 valence electrons. The first-order chi connectivity index (χ1) is 5.66. The minimum absolute atomic E-state index is 0.591. The van der Waals surface area contributed by atoms with Gasteiger partial charge in [0.1, 0.15) is 0 Å². The zero-order valence-corrected chi connectivity index (χ0v) is 8.64. The lowest BCUT2D eigenvalue weighted by Crippen LogP contribution is -1.93. The Balaban J connectivity index is 3.15. The van der Waals surface area contributed by atoms with Crippen LogP contribution in [-0.4, -0.2) is 5.11 Å². The second-order valence-electron chi connectivity index (χ2n) is 2.32. The topological polar surface area (TPSA) is 20.2 Å². The largest absolute Gasteiger partial charge is 0.384 e. The summed E-state index contributed by atoms with van der Waals surface area (Å²) in [4.78, 5) is 0. The lowest BCUT2D eigenvalue weighted by atomic mass is 10.1. The number of aliphatic hydroxyl groups is 1. The van der Waals surface area contributed by atoms with Crippen LogP contribution in [0.15, 0.2) is 35.3 Å².